The van der Waals surface area contributed by atoms with Gasteiger partial charge in [0.15, 0.2) is 6.10 Å². The first-order valence-electron chi connectivity index (χ1n) is 11.0. The second kappa shape index (κ2) is 10.8. The van der Waals surface area contributed by atoms with E-state index in [2.05, 4.69) is 34.5 Å². The maximum atomic E-state index is 12.4. The number of rotatable bonds is 9. The lowest BCUT2D eigenvalue weighted by Crippen LogP contribution is -2.35. The molecule has 0 aromatic heterocycles. The molecule has 1 amide bonds. The Labute approximate surface area is 191 Å². The van der Waals surface area contributed by atoms with Crippen molar-refractivity contribution < 1.29 is 17.9 Å². The van der Waals surface area contributed by atoms with Gasteiger partial charge in [-0.05, 0) is 68.2 Å². The number of carbonyl (C=O) groups is 1. The summed E-state index contributed by atoms with van der Waals surface area (Å²) in [6.07, 6.45) is 4.38. The van der Waals surface area contributed by atoms with Gasteiger partial charge >= 0.3 is 0 Å². The standard InChI is InChI=1S/C24H33N3O4S/c1-19(31-23-13-11-22(12-14-23)26(2)32(3,29)30)24(28)25-17-20-7-9-21(10-8-20)18-27-15-5-4-6-16-27/h7-14,19H,4-6,15-18H2,1-3H3,(H,25,28). The summed E-state index contributed by atoms with van der Waals surface area (Å²) in [6.45, 7) is 5.46. The smallest absolute Gasteiger partial charge is 0.261 e. The lowest BCUT2D eigenvalue weighted by Gasteiger charge is -2.26. The topological polar surface area (TPSA) is 78.9 Å². The van der Waals surface area contributed by atoms with Crippen LogP contribution >= 0.6 is 0 Å². The molecule has 1 fully saturated rings. The van der Waals surface area contributed by atoms with Gasteiger partial charge in [-0.2, -0.15) is 0 Å². The van der Waals surface area contributed by atoms with E-state index in [1.807, 2.05) is 0 Å². The summed E-state index contributed by atoms with van der Waals surface area (Å²) >= 11 is 0. The number of amides is 1. The van der Waals surface area contributed by atoms with E-state index in [1.54, 1.807) is 31.2 Å². The van der Waals surface area contributed by atoms with E-state index in [1.165, 1.54) is 49.3 Å². The van der Waals surface area contributed by atoms with Gasteiger partial charge in [-0.3, -0.25) is 14.0 Å². The average molecular weight is 460 g/mol. The van der Waals surface area contributed by atoms with Crippen molar-refractivity contribution in [3.63, 3.8) is 0 Å². The minimum absolute atomic E-state index is 0.209. The van der Waals surface area contributed by atoms with Crippen molar-refractivity contribution >= 4 is 21.6 Å². The first-order valence-corrected chi connectivity index (χ1v) is 12.9. The van der Waals surface area contributed by atoms with Crippen molar-refractivity contribution in [2.45, 2.75) is 45.4 Å². The molecule has 1 aliphatic rings. The van der Waals surface area contributed by atoms with Gasteiger partial charge in [-0.1, -0.05) is 30.7 Å². The minimum Gasteiger partial charge on any atom is -0.481 e. The lowest BCUT2D eigenvalue weighted by atomic mass is 10.1. The number of hydrogen-bond donors (Lipinski definition) is 1. The molecule has 1 N–H and O–H groups in total. The quantitative estimate of drug-likeness (QED) is 0.623. The first kappa shape index (κ1) is 24.1. The van der Waals surface area contributed by atoms with Crippen molar-refractivity contribution in [2.24, 2.45) is 0 Å². The summed E-state index contributed by atoms with van der Waals surface area (Å²) in [5.74, 6) is 0.292. The number of sulfonamides is 1. The van der Waals surface area contributed by atoms with E-state index in [9.17, 15) is 13.2 Å². The fourth-order valence-corrected chi connectivity index (χ4v) is 4.16. The zero-order valence-corrected chi connectivity index (χ0v) is 19.9. The fraction of sp³-hybridized carbons (Fsp3) is 0.458. The maximum absolute atomic E-state index is 12.4. The van der Waals surface area contributed by atoms with Crippen molar-refractivity contribution in [2.75, 3.05) is 30.7 Å². The van der Waals surface area contributed by atoms with Crippen LogP contribution in [-0.4, -0.2) is 51.7 Å². The highest BCUT2D eigenvalue weighted by molar-refractivity contribution is 7.92. The molecule has 0 radical (unpaired) electrons. The Balaban J connectivity index is 1.46. The Morgan fingerprint density at radius 2 is 1.62 bits per heavy atom. The van der Waals surface area contributed by atoms with Crippen LogP contribution in [0.2, 0.25) is 0 Å². The molecule has 1 aliphatic heterocycles. The highest BCUT2D eigenvalue weighted by Crippen LogP contribution is 2.21. The normalized spacial score (nSPS) is 15.7. The molecule has 0 saturated carbocycles. The van der Waals surface area contributed by atoms with E-state index in [0.29, 0.717) is 18.0 Å². The maximum Gasteiger partial charge on any atom is 0.261 e. The third kappa shape index (κ3) is 6.97. The SMILES string of the molecule is CC(Oc1ccc(N(C)S(C)(=O)=O)cc1)C(=O)NCc1ccc(CN2CCCCC2)cc1. The van der Waals surface area contributed by atoms with E-state index in [0.717, 1.165) is 18.4 Å². The molecule has 0 spiro atoms. The predicted octanol–water partition coefficient (Wildman–Crippen LogP) is 3.15. The van der Waals surface area contributed by atoms with E-state index < -0.39 is 16.1 Å². The van der Waals surface area contributed by atoms with Gasteiger partial charge in [-0.15, -0.1) is 0 Å². The van der Waals surface area contributed by atoms with Crippen molar-refractivity contribution in [1.29, 1.82) is 0 Å². The summed E-state index contributed by atoms with van der Waals surface area (Å²) in [6, 6.07) is 15.0. The Kier molecular flexibility index (Phi) is 8.15. The molecular formula is C24H33N3O4S. The number of benzene rings is 2. The Bertz CT molecular complexity index is 985. The van der Waals surface area contributed by atoms with Crippen LogP contribution in [0.1, 0.15) is 37.3 Å². The number of ether oxygens (including phenoxy) is 1. The number of anilines is 1. The molecular weight excluding hydrogens is 426 g/mol. The van der Waals surface area contributed by atoms with Gasteiger partial charge in [0.2, 0.25) is 10.0 Å². The van der Waals surface area contributed by atoms with Crippen LogP contribution in [0.4, 0.5) is 5.69 Å². The summed E-state index contributed by atoms with van der Waals surface area (Å²) in [5, 5.41) is 2.91. The molecule has 32 heavy (non-hydrogen) atoms. The molecule has 2 aromatic carbocycles. The number of nitrogens with zero attached hydrogens (tertiary/aromatic N) is 2. The average Bonchev–Trinajstić information content (AvgIpc) is 2.78. The second-order valence-corrected chi connectivity index (χ2v) is 10.4. The minimum atomic E-state index is -3.32. The van der Waals surface area contributed by atoms with Gasteiger partial charge < -0.3 is 10.1 Å². The van der Waals surface area contributed by atoms with Crippen molar-refractivity contribution in [3.05, 3.63) is 59.7 Å². The van der Waals surface area contributed by atoms with Crippen LogP contribution in [0.3, 0.4) is 0 Å². The molecule has 1 atom stereocenters. The van der Waals surface area contributed by atoms with E-state index in [4.69, 9.17) is 4.74 Å². The summed E-state index contributed by atoms with van der Waals surface area (Å²) in [4.78, 5) is 14.9. The second-order valence-electron chi connectivity index (χ2n) is 8.36. The number of piperidine rings is 1. The van der Waals surface area contributed by atoms with Gasteiger partial charge in [0.25, 0.3) is 5.91 Å². The number of likely N-dealkylation sites (tertiary alicyclic amines) is 1. The summed E-state index contributed by atoms with van der Waals surface area (Å²) < 4.78 is 30.1. The molecule has 1 saturated heterocycles. The van der Waals surface area contributed by atoms with Crippen LogP contribution in [0.25, 0.3) is 0 Å². The number of carbonyl (C=O) groups excluding carboxylic acids is 1. The molecule has 7 nitrogen and oxygen atoms in total. The van der Waals surface area contributed by atoms with Gasteiger partial charge in [0.1, 0.15) is 5.75 Å². The molecule has 1 heterocycles. The Morgan fingerprint density at radius 1 is 1.03 bits per heavy atom. The van der Waals surface area contributed by atoms with Crippen molar-refractivity contribution in [3.8, 4) is 5.75 Å². The van der Waals surface area contributed by atoms with Crippen molar-refractivity contribution in [1.82, 2.24) is 10.2 Å². The zero-order chi connectivity index (χ0) is 23.1. The summed E-state index contributed by atoms with van der Waals surface area (Å²) in [7, 11) is -1.84. The highest BCUT2D eigenvalue weighted by Gasteiger charge is 2.16. The monoisotopic (exact) mass is 459 g/mol. The van der Waals surface area contributed by atoms with Crippen LogP contribution in [-0.2, 0) is 27.9 Å². The number of nitrogens with one attached hydrogen (secondary N) is 1. The third-order valence-electron chi connectivity index (χ3n) is 5.72. The van der Waals surface area contributed by atoms with Crippen LogP contribution in [0.5, 0.6) is 5.75 Å². The largest absolute Gasteiger partial charge is 0.481 e. The highest BCUT2D eigenvalue weighted by atomic mass is 32.2. The van der Waals surface area contributed by atoms with Crippen LogP contribution in [0.15, 0.2) is 48.5 Å². The predicted molar refractivity (Wildman–Crippen MR) is 127 cm³/mol. The molecule has 2 aromatic rings. The lowest BCUT2D eigenvalue weighted by molar-refractivity contribution is -0.127. The Hall–Kier alpha value is -2.58. The fourth-order valence-electron chi connectivity index (χ4n) is 3.65. The summed E-state index contributed by atoms with van der Waals surface area (Å²) in [5.41, 5.74) is 2.87. The van der Waals surface area contributed by atoms with Gasteiger partial charge in [0, 0.05) is 20.1 Å². The molecule has 174 valence electrons. The Morgan fingerprint density at radius 3 is 2.22 bits per heavy atom. The van der Waals surface area contributed by atoms with E-state index >= 15 is 0 Å². The zero-order valence-electron chi connectivity index (χ0n) is 19.1. The first-order chi connectivity index (χ1) is 15.2. The van der Waals surface area contributed by atoms with Crippen LogP contribution < -0.4 is 14.4 Å². The number of hydrogen-bond acceptors (Lipinski definition) is 5. The molecule has 0 aliphatic carbocycles. The van der Waals surface area contributed by atoms with Crippen LogP contribution in [0, 0.1) is 0 Å². The molecule has 0 bridgehead atoms. The van der Waals surface area contributed by atoms with E-state index in [-0.39, 0.29) is 5.91 Å². The molecule has 8 heteroatoms. The molecule has 1 unspecified atom stereocenters. The third-order valence-corrected chi connectivity index (χ3v) is 6.93. The molecule has 3 rings (SSSR count). The van der Waals surface area contributed by atoms with Gasteiger partial charge in [0.05, 0.1) is 11.9 Å². The van der Waals surface area contributed by atoms with Gasteiger partial charge in [-0.25, -0.2) is 8.42 Å².